The fourth-order valence-electron chi connectivity index (χ4n) is 3.74. The Morgan fingerprint density at radius 3 is 2.79 bits per heavy atom. The number of carbonyl (C=O) groups excluding carboxylic acids is 1. The predicted octanol–water partition coefficient (Wildman–Crippen LogP) is 3.34. The van der Waals surface area contributed by atoms with Crippen LogP contribution < -0.4 is 14.8 Å². The van der Waals surface area contributed by atoms with Crippen LogP contribution in [0.5, 0.6) is 11.5 Å². The molecule has 0 aliphatic carbocycles. The number of likely N-dealkylation sites (tertiary alicyclic amines) is 1. The number of carbonyl (C=O) groups is 1. The minimum atomic E-state index is -0.233. The van der Waals surface area contributed by atoms with E-state index >= 15 is 0 Å². The molecule has 1 fully saturated rings. The monoisotopic (exact) mass is 386 g/mol. The van der Waals surface area contributed by atoms with Gasteiger partial charge in [0.15, 0.2) is 0 Å². The predicted molar refractivity (Wildman–Crippen MR) is 106 cm³/mol. The highest BCUT2D eigenvalue weighted by Gasteiger charge is 2.29. The third-order valence-corrected chi connectivity index (χ3v) is 5.18. The van der Waals surface area contributed by atoms with Gasteiger partial charge >= 0.3 is 0 Å². The number of amides is 1. The lowest BCUT2D eigenvalue weighted by molar-refractivity contribution is -0.122. The lowest BCUT2D eigenvalue weighted by Crippen LogP contribution is -2.37. The molecule has 2 aromatic rings. The number of ether oxygens (including phenoxy) is 2. The number of halogens is 1. The fraction of sp³-hybridized carbons (Fsp3) is 0.409. The largest absolute Gasteiger partial charge is 0.497 e. The highest BCUT2D eigenvalue weighted by atomic mass is 19.1. The number of hydrogen-bond acceptors (Lipinski definition) is 4. The van der Waals surface area contributed by atoms with Crippen molar-refractivity contribution in [3.63, 3.8) is 0 Å². The highest BCUT2D eigenvalue weighted by molar-refractivity contribution is 5.78. The molecule has 5 nitrogen and oxygen atoms in total. The third-order valence-electron chi connectivity index (χ3n) is 5.18. The molecule has 0 aromatic heterocycles. The van der Waals surface area contributed by atoms with E-state index in [4.69, 9.17) is 9.47 Å². The third kappa shape index (κ3) is 4.81. The lowest BCUT2D eigenvalue weighted by atomic mass is 10.0. The van der Waals surface area contributed by atoms with Gasteiger partial charge in [-0.2, -0.15) is 0 Å². The summed E-state index contributed by atoms with van der Waals surface area (Å²) in [4.78, 5) is 14.6. The molecule has 0 unspecified atom stereocenters. The molecule has 0 radical (unpaired) electrons. The molecular formula is C22H27FN2O3. The Bertz CT molecular complexity index is 812. The Labute approximate surface area is 165 Å². The molecule has 0 spiro atoms. The normalized spacial score (nSPS) is 16.8. The summed E-state index contributed by atoms with van der Waals surface area (Å²) in [5.41, 5.74) is 1.68. The number of nitrogens with zero attached hydrogens (tertiary/aromatic N) is 1. The molecule has 1 N–H and O–H groups in total. The molecule has 3 rings (SSSR count). The van der Waals surface area contributed by atoms with E-state index < -0.39 is 0 Å². The molecule has 0 bridgehead atoms. The first-order valence-corrected chi connectivity index (χ1v) is 9.58. The van der Waals surface area contributed by atoms with Crippen molar-refractivity contribution in [2.45, 2.75) is 25.3 Å². The van der Waals surface area contributed by atoms with Gasteiger partial charge < -0.3 is 14.8 Å². The Hall–Kier alpha value is -2.60. The number of hydrogen-bond donors (Lipinski definition) is 1. The van der Waals surface area contributed by atoms with Crippen molar-refractivity contribution in [2.75, 3.05) is 33.9 Å². The van der Waals surface area contributed by atoms with Crippen LogP contribution in [-0.4, -0.2) is 44.7 Å². The number of benzene rings is 2. The van der Waals surface area contributed by atoms with Gasteiger partial charge in [-0.1, -0.05) is 24.3 Å². The van der Waals surface area contributed by atoms with E-state index in [1.165, 1.54) is 6.07 Å². The van der Waals surface area contributed by atoms with E-state index in [0.29, 0.717) is 25.1 Å². The first kappa shape index (κ1) is 20.1. The van der Waals surface area contributed by atoms with Crippen LogP contribution in [0.3, 0.4) is 0 Å². The van der Waals surface area contributed by atoms with E-state index in [1.54, 1.807) is 32.4 Å². The average Bonchev–Trinajstić information content (AvgIpc) is 3.16. The van der Waals surface area contributed by atoms with Gasteiger partial charge in [0.2, 0.25) is 5.91 Å². The summed E-state index contributed by atoms with van der Waals surface area (Å²) in [6.07, 6.45) is 2.49. The zero-order valence-corrected chi connectivity index (χ0v) is 16.4. The highest BCUT2D eigenvalue weighted by Crippen LogP contribution is 2.38. The first-order chi connectivity index (χ1) is 13.6. The fourth-order valence-corrected chi connectivity index (χ4v) is 3.74. The average molecular weight is 386 g/mol. The molecule has 1 atom stereocenters. The quantitative estimate of drug-likeness (QED) is 0.756. The van der Waals surface area contributed by atoms with Crippen LogP contribution in [-0.2, 0) is 11.2 Å². The second-order valence-electron chi connectivity index (χ2n) is 6.93. The molecule has 28 heavy (non-hydrogen) atoms. The van der Waals surface area contributed by atoms with Crippen LogP contribution in [0.4, 0.5) is 4.39 Å². The minimum absolute atomic E-state index is 0.0456. The molecule has 1 aliphatic heterocycles. The Morgan fingerprint density at radius 1 is 1.21 bits per heavy atom. The van der Waals surface area contributed by atoms with Crippen molar-refractivity contribution in [3.05, 3.63) is 59.4 Å². The summed E-state index contributed by atoms with van der Waals surface area (Å²) >= 11 is 0. The van der Waals surface area contributed by atoms with Crippen molar-refractivity contribution in [1.82, 2.24) is 10.2 Å². The molecule has 6 heteroatoms. The van der Waals surface area contributed by atoms with Crippen molar-refractivity contribution < 1.29 is 18.7 Å². The van der Waals surface area contributed by atoms with Crippen LogP contribution in [0.15, 0.2) is 42.5 Å². The van der Waals surface area contributed by atoms with Gasteiger partial charge in [0.1, 0.15) is 17.3 Å². The Kier molecular flexibility index (Phi) is 6.87. The summed E-state index contributed by atoms with van der Waals surface area (Å²) in [5.74, 6) is 1.24. The topological polar surface area (TPSA) is 50.8 Å². The van der Waals surface area contributed by atoms with Gasteiger partial charge in [-0.25, -0.2) is 4.39 Å². The molecule has 1 saturated heterocycles. The number of nitrogens with one attached hydrogen (secondary N) is 1. The standard InChI is InChI=1S/C22H27FN2O3/c1-27-17-9-10-18(21(14-17)28-2)20-8-5-13-25(20)15-22(26)24-12-11-16-6-3-4-7-19(16)23/h3-4,6-7,9-10,14,20H,5,8,11-13,15H2,1-2H3,(H,24,26)/t20-/m0/s1. The van der Waals surface area contributed by atoms with Gasteiger partial charge in [-0.15, -0.1) is 0 Å². The molecule has 1 aliphatic rings. The van der Waals surface area contributed by atoms with Crippen molar-refractivity contribution >= 4 is 5.91 Å². The van der Waals surface area contributed by atoms with Crippen molar-refractivity contribution in [1.29, 1.82) is 0 Å². The summed E-state index contributed by atoms with van der Waals surface area (Å²) in [7, 11) is 3.27. The Balaban J connectivity index is 1.57. The van der Waals surface area contributed by atoms with Gasteiger partial charge in [-0.3, -0.25) is 9.69 Å². The summed E-state index contributed by atoms with van der Waals surface area (Å²) in [6.45, 7) is 1.60. The van der Waals surface area contributed by atoms with Gasteiger partial charge in [0.25, 0.3) is 0 Å². The zero-order chi connectivity index (χ0) is 19.9. The summed E-state index contributed by atoms with van der Waals surface area (Å²) in [5, 5.41) is 2.91. The summed E-state index contributed by atoms with van der Waals surface area (Å²) in [6, 6.07) is 12.6. The van der Waals surface area contributed by atoms with Crippen LogP contribution in [0, 0.1) is 5.82 Å². The van der Waals surface area contributed by atoms with Crippen LogP contribution in [0.25, 0.3) is 0 Å². The van der Waals surface area contributed by atoms with E-state index in [2.05, 4.69) is 10.2 Å². The molecule has 1 heterocycles. The van der Waals surface area contributed by atoms with Gasteiger partial charge in [0.05, 0.1) is 20.8 Å². The number of methoxy groups -OCH3 is 2. The number of rotatable bonds is 8. The second-order valence-corrected chi connectivity index (χ2v) is 6.93. The molecule has 2 aromatic carbocycles. The first-order valence-electron chi connectivity index (χ1n) is 9.58. The van der Waals surface area contributed by atoms with Crippen molar-refractivity contribution in [3.8, 4) is 11.5 Å². The molecular weight excluding hydrogens is 359 g/mol. The van der Waals surface area contributed by atoms with Gasteiger partial charge in [0, 0.05) is 24.2 Å². The molecule has 0 saturated carbocycles. The zero-order valence-electron chi connectivity index (χ0n) is 16.4. The van der Waals surface area contributed by atoms with Crippen LogP contribution >= 0.6 is 0 Å². The van der Waals surface area contributed by atoms with E-state index in [9.17, 15) is 9.18 Å². The van der Waals surface area contributed by atoms with Crippen LogP contribution in [0.1, 0.15) is 30.0 Å². The SMILES string of the molecule is COc1ccc([C@@H]2CCCN2CC(=O)NCCc2ccccc2F)c(OC)c1. The van der Waals surface area contributed by atoms with E-state index in [1.807, 2.05) is 18.2 Å². The van der Waals surface area contributed by atoms with Crippen molar-refractivity contribution in [2.24, 2.45) is 0 Å². The minimum Gasteiger partial charge on any atom is -0.497 e. The smallest absolute Gasteiger partial charge is 0.234 e. The van der Waals surface area contributed by atoms with Crippen LogP contribution in [0.2, 0.25) is 0 Å². The lowest BCUT2D eigenvalue weighted by Gasteiger charge is -2.26. The second kappa shape index (κ2) is 9.55. The Morgan fingerprint density at radius 2 is 2.04 bits per heavy atom. The van der Waals surface area contributed by atoms with E-state index in [-0.39, 0.29) is 17.8 Å². The van der Waals surface area contributed by atoms with E-state index in [0.717, 1.165) is 36.4 Å². The maximum absolute atomic E-state index is 13.7. The molecule has 150 valence electrons. The molecule has 1 amide bonds. The maximum atomic E-state index is 13.7. The maximum Gasteiger partial charge on any atom is 0.234 e. The van der Waals surface area contributed by atoms with Gasteiger partial charge in [-0.05, 0) is 43.5 Å². The summed E-state index contributed by atoms with van der Waals surface area (Å²) < 4.78 is 24.5.